The topological polar surface area (TPSA) is 12.0 Å². The van der Waals surface area contributed by atoms with Gasteiger partial charge in [-0.15, -0.1) is 11.3 Å². The Bertz CT molecular complexity index is 450. The fraction of sp³-hybridized carbons (Fsp3) is 0.444. The van der Waals surface area contributed by atoms with Gasteiger partial charge in [-0.2, -0.15) is 0 Å². The highest BCUT2D eigenvalue weighted by Gasteiger charge is 2.08. The third kappa shape index (κ3) is 5.48. The number of rotatable bonds is 9. The van der Waals surface area contributed by atoms with Gasteiger partial charge in [0.2, 0.25) is 0 Å². The van der Waals surface area contributed by atoms with Crippen molar-refractivity contribution in [1.82, 2.24) is 5.32 Å². The van der Waals surface area contributed by atoms with Crippen molar-refractivity contribution in [2.75, 3.05) is 6.54 Å². The number of hydrogen-bond donors (Lipinski definition) is 1. The molecule has 1 heterocycles. The Hall–Kier alpha value is -1.12. The lowest BCUT2D eigenvalue weighted by Gasteiger charge is -2.18. The van der Waals surface area contributed by atoms with E-state index in [9.17, 15) is 0 Å². The lowest BCUT2D eigenvalue weighted by Crippen LogP contribution is -2.31. The molecule has 0 aliphatic rings. The van der Waals surface area contributed by atoms with Crippen LogP contribution in [-0.2, 0) is 12.8 Å². The fourth-order valence-electron chi connectivity index (χ4n) is 2.50. The predicted octanol–water partition coefficient (Wildman–Crippen LogP) is 4.68. The lowest BCUT2D eigenvalue weighted by atomic mass is 10.0. The summed E-state index contributed by atoms with van der Waals surface area (Å²) in [5, 5.41) is 5.87. The van der Waals surface area contributed by atoms with Gasteiger partial charge < -0.3 is 5.32 Å². The van der Waals surface area contributed by atoms with E-state index in [1.807, 2.05) is 11.3 Å². The smallest absolute Gasteiger partial charge is 0.0108 e. The summed E-state index contributed by atoms with van der Waals surface area (Å²) >= 11 is 1.88. The molecule has 1 N–H and O–H groups in total. The van der Waals surface area contributed by atoms with Crippen LogP contribution in [0.2, 0.25) is 0 Å². The van der Waals surface area contributed by atoms with E-state index in [1.54, 1.807) is 0 Å². The molecule has 1 aromatic carbocycles. The Kier molecular flexibility index (Phi) is 6.82. The molecule has 2 aromatic rings. The second-order valence-corrected chi connectivity index (χ2v) is 6.34. The molecule has 0 amide bonds. The maximum atomic E-state index is 3.70. The molecule has 0 bridgehead atoms. The standard InChI is InChI=1S/C18H25NS/c1-2-13-19-17(15-16-8-4-3-5-9-16)10-6-11-18-12-7-14-20-18/h3-5,7-9,12,14,17,19H,2,6,10-11,13,15H2,1H3. The molecule has 0 radical (unpaired) electrons. The number of thiophene rings is 1. The van der Waals surface area contributed by atoms with Crippen LogP contribution in [-0.4, -0.2) is 12.6 Å². The van der Waals surface area contributed by atoms with Gasteiger partial charge in [-0.3, -0.25) is 0 Å². The molecule has 0 spiro atoms. The molecule has 1 unspecified atom stereocenters. The first-order valence-corrected chi connectivity index (χ1v) is 8.56. The van der Waals surface area contributed by atoms with Crippen molar-refractivity contribution < 1.29 is 0 Å². The number of aryl methyl sites for hydroxylation is 1. The lowest BCUT2D eigenvalue weighted by molar-refractivity contribution is 0.465. The summed E-state index contributed by atoms with van der Waals surface area (Å²) in [7, 11) is 0. The number of benzene rings is 1. The van der Waals surface area contributed by atoms with E-state index in [2.05, 4.69) is 60.1 Å². The zero-order valence-corrected chi connectivity index (χ0v) is 13.2. The van der Waals surface area contributed by atoms with Gasteiger partial charge in [0.1, 0.15) is 0 Å². The molecule has 2 heteroatoms. The third-order valence-electron chi connectivity index (χ3n) is 3.56. The quantitative estimate of drug-likeness (QED) is 0.706. The Morgan fingerprint density at radius 1 is 1.10 bits per heavy atom. The number of nitrogens with one attached hydrogen (secondary N) is 1. The van der Waals surface area contributed by atoms with Gasteiger partial charge in [0.05, 0.1) is 0 Å². The van der Waals surface area contributed by atoms with E-state index in [-0.39, 0.29) is 0 Å². The summed E-state index contributed by atoms with van der Waals surface area (Å²) in [5.41, 5.74) is 1.44. The average Bonchev–Trinajstić information content (AvgIpc) is 2.99. The van der Waals surface area contributed by atoms with Crippen molar-refractivity contribution in [3.8, 4) is 0 Å². The van der Waals surface area contributed by atoms with Gasteiger partial charge in [-0.25, -0.2) is 0 Å². The fourth-order valence-corrected chi connectivity index (χ4v) is 3.25. The second kappa shape index (κ2) is 8.93. The first kappa shape index (κ1) is 15.3. The Morgan fingerprint density at radius 3 is 2.65 bits per heavy atom. The molecule has 20 heavy (non-hydrogen) atoms. The molecule has 0 aliphatic heterocycles. The van der Waals surface area contributed by atoms with Crippen LogP contribution in [0.5, 0.6) is 0 Å². The van der Waals surface area contributed by atoms with E-state index in [4.69, 9.17) is 0 Å². The summed E-state index contributed by atoms with van der Waals surface area (Å²) in [6.07, 6.45) is 6.10. The van der Waals surface area contributed by atoms with Crippen LogP contribution in [0.1, 0.15) is 36.6 Å². The van der Waals surface area contributed by atoms with Crippen LogP contribution < -0.4 is 5.32 Å². The molecule has 0 fully saturated rings. The summed E-state index contributed by atoms with van der Waals surface area (Å²) in [4.78, 5) is 1.51. The van der Waals surface area contributed by atoms with Crippen LogP contribution in [0.3, 0.4) is 0 Å². The highest BCUT2D eigenvalue weighted by molar-refractivity contribution is 7.09. The maximum absolute atomic E-state index is 3.70. The first-order valence-electron chi connectivity index (χ1n) is 7.68. The zero-order chi connectivity index (χ0) is 14.0. The molecule has 1 nitrogen and oxygen atoms in total. The van der Waals surface area contributed by atoms with Gasteiger partial charge >= 0.3 is 0 Å². The van der Waals surface area contributed by atoms with Crippen LogP contribution >= 0.6 is 11.3 Å². The molecule has 2 rings (SSSR count). The normalized spacial score (nSPS) is 12.4. The first-order chi connectivity index (χ1) is 9.88. The third-order valence-corrected chi connectivity index (χ3v) is 4.50. The van der Waals surface area contributed by atoms with Crippen molar-refractivity contribution in [3.05, 3.63) is 58.3 Å². The maximum Gasteiger partial charge on any atom is 0.0108 e. The van der Waals surface area contributed by atoms with Gasteiger partial charge in [-0.05, 0) is 55.7 Å². The highest BCUT2D eigenvalue weighted by atomic mass is 32.1. The molecular formula is C18H25NS. The van der Waals surface area contributed by atoms with Crippen molar-refractivity contribution in [1.29, 1.82) is 0 Å². The molecule has 0 saturated heterocycles. The van der Waals surface area contributed by atoms with Crippen molar-refractivity contribution in [3.63, 3.8) is 0 Å². The SMILES string of the molecule is CCCNC(CCCc1cccs1)Cc1ccccc1. The van der Waals surface area contributed by atoms with Crippen molar-refractivity contribution in [2.24, 2.45) is 0 Å². The minimum atomic E-state index is 0.609. The van der Waals surface area contributed by atoms with Gasteiger partial charge in [0.25, 0.3) is 0 Å². The largest absolute Gasteiger partial charge is 0.314 e. The van der Waals surface area contributed by atoms with E-state index >= 15 is 0 Å². The zero-order valence-electron chi connectivity index (χ0n) is 12.3. The van der Waals surface area contributed by atoms with Crippen LogP contribution in [0.4, 0.5) is 0 Å². The van der Waals surface area contributed by atoms with Crippen molar-refractivity contribution >= 4 is 11.3 Å². The summed E-state index contributed by atoms with van der Waals surface area (Å²) in [5.74, 6) is 0. The van der Waals surface area contributed by atoms with Gasteiger partial charge in [0, 0.05) is 10.9 Å². The Labute approximate surface area is 127 Å². The Morgan fingerprint density at radius 2 is 1.95 bits per heavy atom. The minimum Gasteiger partial charge on any atom is -0.314 e. The molecule has 1 atom stereocenters. The summed E-state index contributed by atoms with van der Waals surface area (Å²) < 4.78 is 0. The minimum absolute atomic E-state index is 0.609. The average molecular weight is 287 g/mol. The summed E-state index contributed by atoms with van der Waals surface area (Å²) in [6.45, 7) is 3.36. The Balaban J connectivity index is 1.80. The summed E-state index contributed by atoms with van der Waals surface area (Å²) in [6, 6.07) is 15.8. The molecule has 0 aliphatic carbocycles. The van der Waals surface area contributed by atoms with Crippen LogP contribution in [0.25, 0.3) is 0 Å². The van der Waals surface area contributed by atoms with E-state index in [1.165, 1.54) is 36.1 Å². The van der Waals surface area contributed by atoms with Crippen LogP contribution in [0, 0.1) is 0 Å². The van der Waals surface area contributed by atoms with Gasteiger partial charge in [0.15, 0.2) is 0 Å². The molecule has 0 saturated carbocycles. The number of hydrogen-bond acceptors (Lipinski definition) is 2. The second-order valence-electron chi connectivity index (χ2n) is 5.31. The van der Waals surface area contributed by atoms with E-state index in [0.29, 0.717) is 6.04 Å². The monoisotopic (exact) mass is 287 g/mol. The highest BCUT2D eigenvalue weighted by Crippen LogP contribution is 2.14. The van der Waals surface area contributed by atoms with Crippen LogP contribution in [0.15, 0.2) is 47.8 Å². The van der Waals surface area contributed by atoms with Gasteiger partial charge in [-0.1, -0.05) is 43.3 Å². The van der Waals surface area contributed by atoms with E-state index < -0.39 is 0 Å². The van der Waals surface area contributed by atoms with E-state index in [0.717, 1.165) is 13.0 Å². The van der Waals surface area contributed by atoms with Crippen molar-refractivity contribution in [2.45, 2.75) is 45.1 Å². The molecular weight excluding hydrogens is 262 g/mol. The molecule has 1 aromatic heterocycles. The molecule has 108 valence electrons. The predicted molar refractivity (Wildman–Crippen MR) is 89.5 cm³/mol.